The van der Waals surface area contributed by atoms with Gasteiger partial charge in [-0.1, -0.05) is 49.4 Å². The number of nitrogens with one attached hydrogen (secondary N) is 2. The largest absolute Gasteiger partial charge is 0.346 e. The third-order valence-corrected chi connectivity index (χ3v) is 4.85. The van der Waals surface area contributed by atoms with Crippen molar-refractivity contribution in [2.75, 3.05) is 17.6 Å². The van der Waals surface area contributed by atoms with Gasteiger partial charge < -0.3 is 10.6 Å². The molecule has 0 radical (unpaired) electrons. The maximum absolute atomic E-state index is 12.0. The molecule has 4 nitrogen and oxygen atoms in total. The van der Waals surface area contributed by atoms with Gasteiger partial charge in [-0.2, -0.15) is 0 Å². The molecular weight excluding hydrogens is 332 g/mol. The Labute approximate surface area is 153 Å². The highest BCUT2D eigenvalue weighted by Gasteiger charge is 2.08. The highest BCUT2D eigenvalue weighted by atomic mass is 32.2. The molecule has 0 saturated heterocycles. The SMILES string of the molecule is CCc1ccccc1NC(=O)CNC(=O)CSCc1ccccc1C. The molecule has 2 aromatic carbocycles. The summed E-state index contributed by atoms with van der Waals surface area (Å²) in [5.41, 5.74) is 4.34. The molecule has 0 aliphatic rings. The predicted octanol–water partition coefficient (Wildman–Crippen LogP) is 3.55. The van der Waals surface area contributed by atoms with Crippen LogP contribution in [0.15, 0.2) is 48.5 Å². The summed E-state index contributed by atoms with van der Waals surface area (Å²) in [5.74, 6) is 0.791. The van der Waals surface area contributed by atoms with Crippen LogP contribution >= 0.6 is 11.8 Å². The topological polar surface area (TPSA) is 58.2 Å². The van der Waals surface area contributed by atoms with Crippen LogP contribution in [-0.4, -0.2) is 24.1 Å². The van der Waals surface area contributed by atoms with Crippen molar-refractivity contribution >= 4 is 29.3 Å². The van der Waals surface area contributed by atoms with Gasteiger partial charge in [-0.3, -0.25) is 9.59 Å². The van der Waals surface area contributed by atoms with E-state index in [1.54, 1.807) is 11.8 Å². The maximum Gasteiger partial charge on any atom is 0.243 e. The van der Waals surface area contributed by atoms with E-state index in [0.29, 0.717) is 5.75 Å². The second-order valence-corrected chi connectivity index (χ2v) is 6.74. The van der Waals surface area contributed by atoms with E-state index in [1.165, 1.54) is 11.1 Å². The Morgan fingerprint density at radius 2 is 1.64 bits per heavy atom. The van der Waals surface area contributed by atoms with E-state index < -0.39 is 0 Å². The molecule has 0 aliphatic carbocycles. The number of thioether (sulfide) groups is 1. The van der Waals surface area contributed by atoms with Crippen LogP contribution in [0.2, 0.25) is 0 Å². The Morgan fingerprint density at radius 1 is 0.960 bits per heavy atom. The van der Waals surface area contributed by atoms with Crippen LogP contribution in [-0.2, 0) is 21.8 Å². The standard InChI is InChI=1S/C20H24N2O2S/c1-3-16-9-6-7-11-18(16)22-19(23)12-21-20(24)14-25-13-17-10-5-4-8-15(17)2/h4-11H,3,12-14H2,1-2H3,(H,21,24)(H,22,23). The van der Waals surface area contributed by atoms with E-state index in [-0.39, 0.29) is 18.4 Å². The highest BCUT2D eigenvalue weighted by molar-refractivity contribution is 7.99. The first-order valence-corrected chi connectivity index (χ1v) is 9.52. The molecule has 0 fully saturated rings. The van der Waals surface area contributed by atoms with Gasteiger partial charge in [0.1, 0.15) is 0 Å². The molecule has 0 aromatic heterocycles. The lowest BCUT2D eigenvalue weighted by molar-refractivity contribution is -0.122. The van der Waals surface area contributed by atoms with Gasteiger partial charge in [0.15, 0.2) is 0 Å². The Morgan fingerprint density at radius 3 is 2.36 bits per heavy atom. The third-order valence-electron chi connectivity index (χ3n) is 3.87. The molecule has 0 atom stereocenters. The predicted molar refractivity (Wildman–Crippen MR) is 105 cm³/mol. The number of hydrogen-bond acceptors (Lipinski definition) is 3. The van der Waals surface area contributed by atoms with Crippen LogP contribution in [0.25, 0.3) is 0 Å². The van der Waals surface area contributed by atoms with Gasteiger partial charge in [0.05, 0.1) is 12.3 Å². The fourth-order valence-electron chi connectivity index (χ4n) is 2.40. The molecule has 132 valence electrons. The molecule has 0 unspecified atom stereocenters. The van der Waals surface area contributed by atoms with Crippen LogP contribution < -0.4 is 10.6 Å². The minimum Gasteiger partial charge on any atom is -0.346 e. The van der Waals surface area contributed by atoms with Crippen molar-refractivity contribution in [3.05, 3.63) is 65.2 Å². The summed E-state index contributed by atoms with van der Waals surface area (Å²) >= 11 is 1.55. The lowest BCUT2D eigenvalue weighted by Gasteiger charge is -2.10. The van der Waals surface area contributed by atoms with E-state index in [4.69, 9.17) is 0 Å². The molecule has 2 N–H and O–H groups in total. The van der Waals surface area contributed by atoms with Crippen LogP contribution in [0.4, 0.5) is 5.69 Å². The van der Waals surface area contributed by atoms with Crippen LogP contribution in [0, 0.1) is 6.92 Å². The molecule has 2 amide bonds. The normalized spacial score (nSPS) is 10.3. The number of carbonyl (C=O) groups excluding carboxylic acids is 2. The number of carbonyl (C=O) groups is 2. The number of rotatable bonds is 8. The molecule has 2 rings (SSSR count). The second-order valence-electron chi connectivity index (χ2n) is 5.75. The van der Waals surface area contributed by atoms with Gasteiger partial charge in [-0.05, 0) is 36.1 Å². The van der Waals surface area contributed by atoms with Gasteiger partial charge in [0, 0.05) is 11.4 Å². The van der Waals surface area contributed by atoms with E-state index in [0.717, 1.165) is 23.4 Å². The zero-order valence-electron chi connectivity index (χ0n) is 14.7. The highest BCUT2D eigenvalue weighted by Crippen LogP contribution is 2.16. The lowest BCUT2D eigenvalue weighted by atomic mass is 10.1. The number of para-hydroxylation sites is 1. The summed E-state index contributed by atoms with van der Waals surface area (Å²) in [6.07, 6.45) is 0.846. The first-order chi connectivity index (χ1) is 12.1. The molecule has 0 bridgehead atoms. The van der Waals surface area contributed by atoms with Gasteiger partial charge >= 0.3 is 0 Å². The fraction of sp³-hybridized carbons (Fsp3) is 0.300. The van der Waals surface area contributed by atoms with Crippen LogP contribution in [0.1, 0.15) is 23.6 Å². The average molecular weight is 356 g/mol. The number of hydrogen-bond donors (Lipinski definition) is 2. The third kappa shape index (κ3) is 6.27. The van der Waals surface area contributed by atoms with E-state index in [2.05, 4.69) is 29.7 Å². The molecule has 2 aromatic rings. The van der Waals surface area contributed by atoms with Crippen molar-refractivity contribution in [1.82, 2.24) is 5.32 Å². The Hall–Kier alpha value is -2.27. The van der Waals surface area contributed by atoms with Crippen molar-refractivity contribution in [3.63, 3.8) is 0 Å². The van der Waals surface area contributed by atoms with Gasteiger partial charge in [-0.15, -0.1) is 11.8 Å². The summed E-state index contributed by atoms with van der Waals surface area (Å²) in [6, 6.07) is 15.8. The van der Waals surface area contributed by atoms with Crippen molar-refractivity contribution in [2.45, 2.75) is 26.0 Å². The molecule has 0 aliphatic heterocycles. The summed E-state index contributed by atoms with van der Waals surface area (Å²) in [4.78, 5) is 23.9. The maximum atomic E-state index is 12.0. The Bertz CT molecular complexity index is 731. The minimum atomic E-state index is -0.210. The first-order valence-electron chi connectivity index (χ1n) is 8.37. The summed E-state index contributed by atoms with van der Waals surface area (Å²) in [7, 11) is 0. The fourth-order valence-corrected chi connectivity index (χ4v) is 3.33. The Kier molecular flexibility index (Phi) is 7.54. The zero-order valence-corrected chi connectivity index (χ0v) is 15.5. The number of benzene rings is 2. The molecule has 0 saturated carbocycles. The van der Waals surface area contributed by atoms with E-state index in [9.17, 15) is 9.59 Å². The van der Waals surface area contributed by atoms with Gasteiger partial charge in [-0.25, -0.2) is 0 Å². The van der Waals surface area contributed by atoms with Crippen molar-refractivity contribution in [3.8, 4) is 0 Å². The van der Waals surface area contributed by atoms with Gasteiger partial charge in [0.2, 0.25) is 11.8 Å². The van der Waals surface area contributed by atoms with Crippen molar-refractivity contribution in [1.29, 1.82) is 0 Å². The second kappa shape index (κ2) is 9.89. The van der Waals surface area contributed by atoms with Gasteiger partial charge in [0.25, 0.3) is 0 Å². The van der Waals surface area contributed by atoms with Crippen molar-refractivity contribution in [2.24, 2.45) is 0 Å². The summed E-state index contributed by atoms with van der Waals surface area (Å²) in [5, 5.41) is 5.51. The molecular formula is C20H24N2O2S. The number of anilines is 1. The smallest absolute Gasteiger partial charge is 0.243 e. The van der Waals surface area contributed by atoms with Crippen molar-refractivity contribution < 1.29 is 9.59 Å². The monoisotopic (exact) mass is 356 g/mol. The molecule has 0 heterocycles. The van der Waals surface area contributed by atoms with E-state index in [1.807, 2.05) is 43.3 Å². The minimum absolute atomic E-state index is 0.0121. The quantitative estimate of drug-likeness (QED) is 0.760. The molecule has 25 heavy (non-hydrogen) atoms. The molecule has 5 heteroatoms. The molecule has 0 spiro atoms. The zero-order chi connectivity index (χ0) is 18.1. The lowest BCUT2D eigenvalue weighted by Crippen LogP contribution is -2.34. The van der Waals surface area contributed by atoms with Crippen LogP contribution in [0.3, 0.4) is 0 Å². The number of amides is 2. The van der Waals surface area contributed by atoms with E-state index >= 15 is 0 Å². The number of aryl methyl sites for hydroxylation is 2. The van der Waals surface area contributed by atoms with Crippen LogP contribution in [0.5, 0.6) is 0 Å². The summed E-state index contributed by atoms with van der Waals surface area (Å²) < 4.78 is 0. The first kappa shape index (κ1) is 19.1. The Balaban J connectivity index is 1.71. The summed E-state index contributed by atoms with van der Waals surface area (Å²) in [6.45, 7) is 4.09. The average Bonchev–Trinajstić information content (AvgIpc) is 2.62.